The lowest BCUT2D eigenvalue weighted by atomic mass is 10.3. The van der Waals surface area contributed by atoms with Gasteiger partial charge in [0.25, 0.3) is 0 Å². The lowest BCUT2D eigenvalue weighted by molar-refractivity contribution is -0.115. The molecule has 0 aliphatic heterocycles. The summed E-state index contributed by atoms with van der Waals surface area (Å²) in [6.45, 7) is 4.48. The monoisotopic (exact) mass is 343 g/mol. The van der Waals surface area contributed by atoms with Crippen LogP contribution >= 0.6 is 11.6 Å². The number of aromatic nitrogens is 2. The van der Waals surface area contributed by atoms with Crippen molar-refractivity contribution in [3.8, 4) is 0 Å². The molecule has 1 aromatic heterocycles. The van der Waals surface area contributed by atoms with Gasteiger partial charge in [-0.25, -0.2) is 13.4 Å². The Morgan fingerprint density at radius 1 is 1.32 bits per heavy atom. The fourth-order valence-corrected chi connectivity index (χ4v) is 3.39. The SMILES string of the molecule is CC(C)S(=O)(=O)[C@H](C)C(=O)Nc1nc2cc(Cl)ccc2n1C. The number of hydrogen-bond acceptors (Lipinski definition) is 4. The van der Waals surface area contributed by atoms with Crippen LogP contribution in [-0.4, -0.2) is 34.4 Å². The van der Waals surface area contributed by atoms with Crippen LogP contribution in [0.3, 0.4) is 0 Å². The average molecular weight is 344 g/mol. The number of rotatable bonds is 4. The highest BCUT2D eigenvalue weighted by atomic mass is 35.5. The summed E-state index contributed by atoms with van der Waals surface area (Å²) in [4.78, 5) is 16.5. The number of imidazole rings is 1. The van der Waals surface area contributed by atoms with Crippen molar-refractivity contribution in [3.05, 3.63) is 23.2 Å². The maximum absolute atomic E-state index is 12.2. The molecule has 2 aromatic rings. The van der Waals surface area contributed by atoms with E-state index < -0.39 is 26.2 Å². The minimum atomic E-state index is -3.52. The largest absolute Gasteiger partial charge is 0.313 e. The summed E-state index contributed by atoms with van der Waals surface area (Å²) >= 11 is 5.92. The number of amides is 1. The van der Waals surface area contributed by atoms with Crippen LogP contribution in [0.15, 0.2) is 18.2 Å². The number of anilines is 1. The highest BCUT2D eigenvalue weighted by Gasteiger charge is 2.31. The Kier molecular flexibility index (Phi) is 4.49. The molecule has 2 rings (SSSR count). The van der Waals surface area contributed by atoms with Gasteiger partial charge in [0.05, 0.1) is 16.3 Å². The van der Waals surface area contributed by atoms with Gasteiger partial charge in [-0.1, -0.05) is 11.6 Å². The standard InChI is InChI=1S/C14H18ClN3O3S/c1-8(2)22(20,21)9(3)13(19)17-14-16-11-7-10(15)5-6-12(11)18(14)4/h5-9H,1-4H3,(H,16,17,19)/t9-/m1/s1. The van der Waals surface area contributed by atoms with Crippen molar-refractivity contribution in [2.75, 3.05) is 5.32 Å². The first-order chi connectivity index (χ1) is 10.1. The second-order valence-corrected chi connectivity index (χ2v) is 8.66. The number of carbonyl (C=O) groups excluding carboxylic acids is 1. The Hall–Kier alpha value is -1.60. The second-order valence-electron chi connectivity index (χ2n) is 5.40. The van der Waals surface area contributed by atoms with Crippen LogP contribution in [0.5, 0.6) is 0 Å². The number of carbonyl (C=O) groups is 1. The van der Waals surface area contributed by atoms with Gasteiger partial charge in [-0.15, -0.1) is 0 Å². The third kappa shape index (κ3) is 2.96. The number of sulfone groups is 1. The van der Waals surface area contributed by atoms with Crippen molar-refractivity contribution in [1.29, 1.82) is 0 Å². The van der Waals surface area contributed by atoms with E-state index in [4.69, 9.17) is 11.6 Å². The molecule has 0 bridgehead atoms. The van der Waals surface area contributed by atoms with Crippen molar-refractivity contribution < 1.29 is 13.2 Å². The molecule has 0 saturated carbocycles. The normalized spacial score (nSPS) is 13.5. The molecule has 1 heterocycles. The Balaban J connectivity index is 2.31. The van der Waals surface area contributed by atoms with Crippen molar-refractivity contribution in [1.82, 2.24) is 9.55 Å². The highest BCUT2D eigenvalue weighted by molar-refractivity contribution is 7.93. The average Bonchev–Trinajstić information content (AvgIpc) is 2.73. The number of benzene rings is 1. The first kappa shape index (κ1) is 16.8. The molecule has 1 N–H and O–H groups in total. The van der Waals surface area contributed by atoms with E-state index in [-0.39, 0.29) is 5.95 Å². The Morgan fingerprint density at radius 2 is 1.95 bits per heavy atom. The van der Waals surface area contributed by atoms with Gasteiger partial charge in [-0.2, -0.15) is 0 Å². The van der Waals surface area contributed by atoms with Crippen LogP contribution in [0.25, 0.3) is 11.0 Å². The van der Waals surface area contributed by atoms with Crippen LogP contribution in [0.4, 0.5) is 5.95 Å². The molecule has 0 aliphatic rings. The number of nitrogens with zero attached hydrogens (tertiary/aromatic N) is 2. The van der Waals surface area contributed by atoms with Crippen molar-refractivity contribution in [3.63, 3.8) is 0 Å². The Morgan fingerprint density at radius 3 is 2.55 bits per heavy atom. The third-order valence-electron chi connectivity index (χ3n) is 3.60. The fraction of sp³-hybridized carbons (Fsp3) is 0.429. The number of hydrogen-bond donors (Lipinski definition) is 1. The van der Waals surface area contributed by atoms with E-state index in [1.165, 1.54) is 6.92 Å². The van der Waals surface area contributed by atoms with Crippen molar-refractivity contribution in [2.24, 2.45) is 7.05 Å². The molecule has 1 aromatic carbocycles. The van der Waals surface area contributed by atoms with Crippen molar-refractivity contribution >= 4 is 44.3 Å². The van der Waals surface area contributed by atoms with E-state index >= 15 is 0 Å². The summed E-state index contributed by atoms with van der Waals surface area (Å²) in [5.41, 5.74) is 1.42. The highest BCUT2D eigenvalue weighted by Crippen LogP contribution is 2.22. The zero-order valence-corrected chi connectivity index (χ0v) is 14.4. The van der Waals surface area contributed by atoms with E-state index in [0.717, 1.165) is 5.52 Å². The molecule has 1 amide bonds. The first-order valence-electron chi connectivity index (χ1n) is 6.80. The molecular formula is C14H18ClN3O3S. The minimum Gasteiger partial charge on any atom is -0.313 e. The summed E-state index contributed by atoms with van der Waals surface area (Å²) in [6, 6.07) is 5.19. The van der Waals surface area contributed by atoms with Gasteiger partial charge in [0, 0.05) is 12.1 Å². The molecule has 0 unspecified atom stereocenters. The van der Waals surface area contributed by atoms with E-state index in [0.29, 0.717) is 10.5 Å². The summed E-state index contributed by atoms with van der Waals surface area (Å²) in [5, 5.41) is 1.35. The van der Waals surface area contributed by atoms with Crippen molar-refractivity contribution in [2.45, 2.75) is 31.3 Å². The van der Waals surface area contributed by atoms with Gasteiger partial charge >= 0.3 is 0 Å². The molecule has 0 aliphatic carbocycles. The summed E-state index contributed by atoms with van der Waals surface area (Å²) in [5.74, 6) is -0.314. The maximum atomic E-state index is 12.2. The lowest BCUT2D eigenvalue weighted by Gasteiger charge is -2.15. The number of aryl methyl sites for hydroxylation is 1. The van der Waals surface area contributed by atoms with Gasteiger partial charge in [0.15, 0.2) is 9.84 Å². The molecule has 22 heavy (non-hydrogen) atoms. The van der Waals surface area contributed by atoms with Gasteiger partial charge in [0.2, 0.25) is 11.9 Å². The lowest BCUT2D eigenvalue weighted by Crippen LogP contribution is -2.37. The number of fused-ring (bicyclic) bond motifs is 1. The van der Waals surface area contributed by atoms with Crippen LogP contribution in [-0.2, 0) is 21.7 Å². The topological polar surface area (TPSA) is 81.1 Å². The molecule has 8 heteroatoms. The van der Waals surface area contributed by atoms with Crippen LogP contribution < -0.4 is 5.32 Å². The molecule has 0 fully saturated rings. The zero-order chi connectivity index (χ0) is 16.7. The summed E-state index contributed by atoms with van der Waals surface area (Å²) < 4.78 is 25.8. The smallest absolute Gasteiger partial charge is 0.244 e. The predicted molar refractivity (Wildman–Crippen MR) is 87.9 cm³/mol. The molecule has 0 spiro atoms. The van der Waals surface area contributed by atoms with Gasteiger partial charge in [-0.3, -0.25) is 10.1 Å². The minimum absolute atomic E-state index is 0.285. The molecule has 0 saturated heterocycles. The van der Waals surface area contributed by atoms with Gasteiger partial charge < -0.3 is 4.57 Å². The van der Waals surface area contributed by atoms with Gasteiger partial charge in [-0.05, 0) is 39.0 Å². The van der Waals surface area contributed by atoms with Gasteiger partial charge in [0.1, 0.15) is 5.25 Å². The molecule has 6 nitrogen and oxygen atoms in total. The fourth-order valence-electron chi connectivity index (χ4n) is 2.05. The van der Waals surface area contributed by atoms with E-state index in [1.54, 1.807) is 43.7 Å². The zero-order valence-electron chi connectivity index (χ0n) is 12.8. The molecule has 1 atom stereocenters. The van der Waals surface area contributed by atoms with E-state index in [2.05, 4.69) is 10.3 Å². The van der Waals surface area contributed by atoms with Crippen LogP contribution in [0.1, 0.15) is 20.8 Å². The predicted octanol–water partition coefficient (Wildman–Crippen LogP) is 2.38. The number of halogens is 1. The Bertz CT molecular complexity index is 827. The Labute approximate surface area is 134 Å². The second kappa shape index (κ2) is 5.89. The quantitative estimate of drug-likeness (QED) is 0.924. The first-order valence-corrected chi connectivity index (χ1v) is 8.79. The number of nitrogens with one attached hydrogen (secondary N) is 1. The van der Waals surface area contributed by atoms with E-state index in [1.807, 2.05) is 0 Å². The van der Waals surface area contributed by atoms with Crippen LogP contribution in [0.2, 0.25) is 5.02 Å². The maximum Gasteiger partial charge on any atom is 0.244 e. The molecule has 120 valence electrons. The van der Waals surface area contributed by atoms with Crippen LogP contribution in [0, 0.1) is 0 Å². The molecular weight excluding hydrogens is 326 g/mol. The summed E-state index contributed by atoms with van der Waals surface area (Å²) in [7, 11) is -1.78. The summed E-state index contributed by atoms with van der Waals surface area (Å²) in [6.07, 6.45) is 0. The van der Waals surface area contributed by atoms with E-state index in [9.17, 15) is 13.2 Å². The third-order valence-corrected chi connectivity index (χ3v) is 6.35. The molecule has 0 radical (unpaired) electrons.